The lowest BCUT2D eigenvalue weighted by Crippen LogP contribution is -2.16. The maximum Gasteiger partial charge on any atom is 0.121 e. The van der Waals surface area contributed by atoms with Crippen LogP contribution in [0.1, 0.15) is 44.8 Å². The van der Waals surface area contributed by atoms with Gasteiger partial charge in [-0.15, -0.1) is 0 Å². The topological polar surface area (TPSA) is 39.1 Å². The third-order valence-corrected chi connectivity index (χ3v) is 4.09. The zero-order valence-electron chi connectivity index (χ0n) is 12.7. The Morgan fingerprint density at radius 3 is 3.14 bits per heavy atom. The van der Waals surface area contributed by atoms with Crippen LogP contribution in [0.3, 0.4) is 0 Å². The molecule has 2 atom stereocenters. The third-order valence-electron chi connectivity index (χ3n) is 4.09. The van der Waals surface area contributed by atoms with Crippen LogP contribution in [-0.4, -0.2) is 22.2 Å². The van der Waals surface area contributed by atoms with Gasteiger partial charge in [-0.05, 0) is 44.9 Å². The fourth-order valence-electron chi connectivity index (χ4n) is 2.74. The summed E-state index contributed by atoms with van der Waals surface area (Å²) in [6.45, 7) is 5.32. The Hall–Kier alpha value is -1.81. The molecule has 1 aromatic carbocycles. The molecule has 1 N–H and O–H groups in total. The van der Waals surface area contributed by atoms with Gasteiger partial charge in [0.05, 0.1) is 30.0 Å². The highest BCUT2D eigenvalue weighted by Gasteiger charge is 2.20. The zero-order chi connectivity index (χ0) is 14.7. The SMILES string of the molecule is CCC(C)Oc1cccc(-n2cncc2C2CCCN2)c1. The van der Waals surface area contributed by atoms with Crippen LogP contribution in [0.2, 0.25) is 0 Å². The molecule has 4 heteroatoms. The van der Waals surface area contributed by atoms with Crippen LogP contribution in [-0.2, 0) is 0 Å². The van der Waals surface area contributed by atoms with E-state index < -0.39 is 0 Å². The van der Waals surface area contributed by atoms with Crippen molar-refractivity contribution in [2.75, 3.05) is 6.54 Å². The number of hydrogen-bond acceptors (Lipinski definition) is 3. The maximum atomic E-state index is 5.92. The van der Waals surface area contributed by atoms with Gasteiger partial charge < -0.3 is 14.6 Å². The molecule has 0 amide bonds. The second-order valence-electron chi connectivity index (χ2n) is 5.67. The number of nitrogens with zero attached hydrogens (tertiary/aromatic N) is 2. The van der Waals surface area contributed by atoms with Crippen LogP contribution in [0, 0.1) is 0 Å². The highest BCUT2D eigenvalue weighted by molar-refractivity contribution is 5.41. The maximum absolute atomic E-state index is 5.92. The van der Waals surface area contributed by atoms with E-state index in [0.717, 1.165) is 24.4 Å². The van der Waals surface area contributed by atoms with E-state index in [9.17, 15) is 0 Å². The van der Waals surface area contributed by atoms with Crippen molar-refractivity contribution in [2.45, 2.75) is 45.3 Å². The van der Waals surface area contributed by atoms with E-state index in [0.29, 0.717) is 6.04 Å². The number of aromatic nitrogens is 2. The van der Waals surface area contributed by atoms with E-state index in [2.05, 4.69) is 40.8 Å². The van der Waals surface area contributed by atoms with Crippen molar-refractivity contribution in [2.24, 2.45) is 0 Å². The molecule has 3 rings (SSSR count). The van der Waals surface area contributed by atoms with E-state index in [1.54, 1.807) is 0 Å². The van der Waals surface area contributed by atoms with Gasteiger partial charge in [-0.1, -0.05) is 13.0 Å². The summed E-state index contributed by atoms with van der Waals surface area (Å²) in [7, 11) is 0. The molecule has 2 aromatic rings. The molecule has 0 radical (unpaired) electrons. The summed E-state index contributed by atoms with van der Waals surface area (Å²) in [6.07, 6.45) is 7.50. The molecule has 2 heterocycles. The van der Waals surface area contributed by atoms with Gasteiger partial charge in [-0.25, -0.2) is 4.98 Å². The molecular weight excluding hydrogens is 262 g/mol. The predicted molar refractivity (Wildman–Crippen MR) is 83.9 cm³/mol. The van der Waals surface area contributed by atoms with Gasteiger partial charge in [0.2, 0.25) is 0 Å². The number of hydrogen-bond donors (Lipinski definition) is 1. The average Bonchev–Trinajstić information content (AvgIpc) is 3.18. The van der Waals surface area contributed by atoms with Gasteiger partial charge in [0.1, 0.15) is 5.75 Å². The van der Waals surface area contributed by atoms with Crippen LogP contribution in [0.25, 0.3) is 5.69 Å². The fraction of sp³-hybridized carbons (Fsp3) is 0.471. The van der Waals surface area contributed by atoms with Crippen molar-refractivity contribution in [1.29, 1.82) is 0 Å². The Balaban J connectivity index is 1.87. The molecule has 0 spiro atoms. The number of rotatable bonds is 5. The highest BCUT2D eigenvalue weighted by atomic mass is 16.5. The lowest BCUT2D eigenvalue weighted by molar-refractivity contribution is 0.217. The van der Waals surface area contributed by atoms with E-state index >= 15 is 0 Å². The summed E-state index contributed by atoms with van der Waals surface area (Å²) in [5, 5.41) is 3.53. The van der Waals surface area contributed by atoms with Gasteiger partial charge in [-0.3, -0.25) is 0 Å². The lowest BCUT2D eigenvalue weighted by atomic mass is 10.1. The van der Waals surface area contributed by atoms with Crippen LogP contribution >= 0.6 is 0 Å². The first-order valence-corrected chi connectivity index (χ1v) is 7.80. The molecule has 4 nitrogen and oxygen atoms in total. The van der Waals surface area contributed by atoms with Crippen molar-refractivity contribution in [3.8, 4) is 11.4 Å². The molecule has 1 aliphatic rings. The first-order chi connectivity index (χ1) is 10.3. The Labute approximate surface area is 126 Å². The van der Waals surface area contributed by atoms with Gasteiger partial charge in [0, 0.05) is 12.1 Å². The standard InChI is InChI=1S/C17H23N3O/c1-3-13(2)21-15-7-4-6-14(10-15)20-12-18-11-17(20)16-8-5-9-19-16/h4,6-7,10-13,16,19H,3,5,8-9H2,1-2H3. The van der Waals surface area contributed by atoms with Crippen LogP contribution in [0.4, 0.5) is 0 Å². The van der Waals surface area contributed by atoms with Gasteiger partial charge in [-0.2, -0.15) is 0 Å². The first-order valence-electron chi connectivity index (χ1n) is 7.80. The summed E-state index contributed by atoms with van der Waals surface area (Å²) in [5.41, 5.74) is 2.34. The van der Waals surface area contributed by atoms with Crippen molar-refractivity contribution >= 4 is 0 Å². The lowest BCUT2D eigenvalue weighted by Gasteiger charge is -2.16. The van der Waals surface area contributed by atoms with Crippen LogP contribution in [0.15, 0.2) is 36.8 Å². The number of ether oxygens (including phenoxy) is 1. The van der Waals surface area contributed by atoms with Crippen molar-refractivity contribution < 1.29 is 4.74 Å². The molecule has 0 bridgehead atoms. The quantitative estimate of drug-likeness (QED) is 0.914. The minimum atomic E-state index is 0.235. The van der Waals surface area contributed by atoms with Crippen LogP contribution in [0.5, 0.6) is 5.75 Å². The smallest absolute Gasteiger partial charge is 0.121 e. The Morgan fingerprint density at radius 1 is 1.48 bits per heavy atom. The summed E-state index contributed by atoms with van der Waals surface area (Å²) >= 11 is 0. The molecule has 0 saturated carbocycles. The molecule has 1 fully saturated rings. The van der Waals surface area contributed by atoms with E-state index in [1.807, 2.05) is 24.7 Å². The van der Waals surface area contributed by atoms with Crippen LogP contribution < -0.4 is 10.1 Å². The molecule has 0 aliphatic carbocycles. The summed E-state index contributed by atoms with van der Waals surface area (Å²) in [4.78, 5) is 4.33. The average molecular weight is 285 g/mol. The largest absolute Gasteiger partial charge is 0.491 e. The van der Waals surface area contributed by atoms with Crippen molar-refractivity contribution in [1.82, 2.24) is 14.9 Å². The van der Waals surface area contributed by atoms with Gasteiger partial charge in [0.15, 0.2) is 0 Å². The fourth-order valence-corrected chi connectivity index (χ4v) is 2.74. The van der Waals surface area contributed by atoms with Crippen molar-refractivity contribution in [3.63, 3.8) is 0 Å². The zero-order valence-corrected chi connectivity index (χ0v) is 12.7. The second kappa shape index (κ2) is 6.31. The van der Waals surface area contributed by atoms with Gasteiger partial charge >= 0.3 is 0 Å². The Morgan fingerprint density at radius 2 is 2.38 bits per heavy atom. The summed E-state index contributed by atoms with van der Waals surface area (Å²) in [5.74, 6) is 0.917. The predicted octanol–water partition coefficient (Wildman–Crippen LogP) is 3.47. The second-order valence-corrected chi connectivity index (χ2v) is 5.67. The minimum Gasteiger partial charge on any atom is -0.491 e. The number of benzene rings is 1. The number of imidazole rings is 1. The minimum absolute atomic E-state index is 0.235. The molecule has 2 unspecified atom stereocenters. The van der Waals surface area contributed by atoms with E-state index in [1.165, 1.54) is 18.5 Å². The monoisotopic (exact) mass is 285 g/mol. The van der Waals surface area contributed by atoms with E-state index in [-0.39, 0.29) is 6.10 Å². The Kier molecular flexibility index (Phi) is 4.25. The Bertz CT molecular complexity index is 587. The molecular formula is C17H23N3O. The molecule has 21 heavy (non-hydrogen) atoms. The summed E-state index contributed by atoms with van der Waals surface area (Å²) < 4.78 is 8.08. The molecule has 1 saturated heterocycles. The van der Waals surface area contributed by atoms with Crippen molar-refractivity contribution in [3.05, 3.63) is 42.5 Å². The normalized spacial score (nSPS) is 19.6. The molecule has 1 aliphatic heterocycles. The highest BCUT2D eigenvalue weighted by Crippen LogP contribution is 2.26. The molecule has 112 valence electrons. The summed E-state index contributed by atoms with van der Waals surface area (Å²) in [6, 6.07) is 8.65. The van der Waals surface area contributed by atoms with E-state index in [4.69, 9.17) is 4.74 Å². The molecule has 1 aromatic heterocycles. The van der Waals surface area contributed by atoms with Gasteiger partial charge in [0.25, 0.3) is 0 Å². The first kappa shape index (κ1) is 14.1. The number of nitrogens with one attached hydrogen (secondary N) is 1. The third kappa shape index (κ3) is 3.10.